The highest BCUT2D eigenvalue weighted by atomic mass is 16.5. The van der Waals surface area contributed by atoms with Gasteiger partial charge in [-0.25, -0.2) is 0 Å². The predicted molar refractivity (Wildman–Crippen MR) is 90.1 cm³/mol. The van der Waals surface area contributed by atoms with Crippen molar-refractivity contribution in [2.24, 2.45) is 11.8 Å². The molecule has 0 N–H and O–H groups in total. The van der Waals surface area contributed by atoms with Crippen molar-refractivity contribution < 1.29 is 14.3 Å². The van der Waals surface area contributed by atoms with Gasteiger partial charge in [-0.2, -0.15) is 0 Å². The molecule has 0 amide bonds. The van der Waals surface area contributed by atoms with E-state index in [9.17, 15) is 4.79 Å². The van der Waals surface area contributed by atoms with Crippen LogP contribution in [0.15, 0.2) is 12.1 Å². The number of Topliss-reactive ketones (excluding diaryl/α,β-unsaturated/α-hetero) is 1. The quantitative estimate of drug-likeness (QED) is 0.854. The highest BCUT2D eigenvalue weighted by Crippen LogP contribution is 2.44. The normalized spacial score (nSPS) is 24.3. The highest BCUT2D eigenvalue weighted by molar-refractivity contribution is 5.83. The molecule has 2 aliphatic rings. The molecule has 1 aromatic rings. The third kappa shape index (κ3) is 2.97. The fraction of sp³-hybridized carbons (Fsp3) is 0.632. The van der Waals surface area contributed by atoms with E-state index in [1.54, 1.807) is 14.2 Å². The second-order valence-corrected chi connectivity index (χ2v) is 7.09. The summed E-state index contributed by atoms with van der Waals surface area (Å²) in [4.78, 5) is 15.1. The minimum Gasteiger partial charge on any atom is -0.493 e. The van der Waals surface area contributed by atoms with Gasteiger partial charge in [0, 0.05) is 31.5 Å². The Kier molecular flexibility index (Phi) is 4.62. The van der Waals surface area contributed by atoms with Crippen LogP contribution in [0.1, 0.15) is 43.9 Å². The van der Waals surface area contributed by atoms with Crippen LogP contribution in [0.25, 0.3) is 0 Å². The van der Waals surface area contributed by atoms with Gasteiger partial charge in [-0.1, -0.05) is 13.8 Å². The molecule has 2 unspecified atom stereocenters. The van der Waals surface area contributed by atoms with Crippen molar-refractivity contribution in [3.63, 3.8) is 0 Å². The summed E-state index contributed by atoms with van der Waals surface area (Å²) in [7, 11) is 3.34. The maximum Gasteiger partial charge on any atom is 0.161 e. The maximum absolute atomic E-state index is 12.6. The molecule has 23 heavy (non-hydrogen) atoms. The van der Waals surface area contributed by atoms with E-state index < -0.39 is 0 Å². The number of benzene rings is 1. The van der Waals surface area contributed by atoms with Crippen LogP contribution in [-0.4, -0.2) is 38.0 Å². The summed E-state index contributed by atoms with van der Waals surface area (Å²) >= 11 is 0. The van der Waals surface area contributed by atoms with Crippen LogP contribution in [0.5, 0.6) is 11.5 Å². The zero-order chi connectivity index (χ0) is 16.6. The molecule has 4 heteroatoms. The van der Waals surface area contributed by atoms with Crippen LogP contribution in [0.2, 0.25) is 0 Å². The van der Waals surface area contributed by atoms with Gasteiger partial charge < -0.3 is 9.47 Å². The lowest BCUT2D eigenvalue weighted by Crippen LogP contribution is -2.47. The van der Waals surface area contributed by atoms with Gasteiger partial charge in [-0.15, -0.1) is 0 Å². The molecule has 0 bridgehead atoms. The van der Waals surface area contributed by atoms with Crippen LogP contribution < -0.4 is 9.47 Å². The minimum absolute atomic E-state index is 0.0981. The summed E-state index contributed by atoms with van der Waals surface area (Å²) in [6, 6.07) is 4.38. The molecule has 0 saturated carbocycles. The number of carbonyl (C=O) groups is 1. The number of hydrogen-bond acceptors (Lipinski definition) is 4. The largest absolute Gasteiger partial charge is 0.493 e. The summed E-state index contributed by atoms with van der Waals surface area (Å²) in [5.74, 6) is 2.58. The summed E-state index contributed by atoms with van der Waals surface area (Å²) in [5.41, 5.74) is 2.56. The first-order valence-electron chi connectivity index (χ1n) is 8.56. The minimum atomic E-state index is 0.0981. The number of carbonyl (C=O) groups excluding carboxylic acids is 1. The van der Waals surface area contributed by atoms with Gasteiger partial charge >= 0.3 is 0 Å². The van der Waals surface area contributed by atoms with Crippen molar-refractivity contribution in [3.05, 3.63) is 23.3 Å². The fourth-order valence-electron chi connectivity index (χ4n) is 4.13. The molecule has 1 aromatic carbocycles. The number of ether oxygens (including phenoxy) is 2. The van der Waals surface area contributed by atoms with Gasteiger partial charge in [-0.05, 0) is 42.0 Å². The smallest absolute Gasteiger partial charge is 0.161 e. The van der Waals surface area contributed by atoms with Crippen LogP contribution in [0.3, 0.4) is 0 Å². The van der Waals surface area contributed by atoms with E-state index in [2.05, 4.69) is 30.9 Å². The van der Waals surface area contributed by atoms with E-state index >= 15 is 0 Å². The fourth-order valence-corrected chi connectivity index (χ4v) is 4.13. The molecular weight excluding hydrogens is 290 g/mol. The number of piperidine rings is 1. The predicted octanol–water partition coefficient (Wildman–Crippen LogP) is 3.24. The van der Waals surface area contributed by atoms with Gasteiger partial charge in [0.2, 0.25) is 0 Å². The van der Waals surface area contributed by atoms with Crippen molar-refractivity contribution in [1.82, 2.24) is 4.90 Å². The topological polar surface area (TPSA) is 38.8 Å². The number of nitrogens with zero attached hydrogens (tertiary/aromatic N) is 1. The Balaban J connectivity index is 2.05. The number of methoxy groups -OCH3 is 2. The van der Waals surface area contributed by atoms with E-state index in [1.807, 2.05) is 0 Å². The van der Waals surface area contributed by atoms with Gasteiger partial charge in [0.1, 0.15) is 5.78 Å². The van der Waals surface area contributed by atoms with Gasteiger partial charge in [0.05, 0.1) is 14.2 Å². The number of hydrogen-bond donors (Lipinski definition) is 0. The van der Waals surface area contributed by atoms with Gasteiger partial charge in [-0.3, -0.25) is 9.69 Å². The second kappa shape index (κ2) is 6.52. The highest BCUT2D eigenvalue weighted by Gasteiger charge is 2.41. The third-order valence-corrected chi connectivity index (χ3v) is 5.19. The molecule has 126 valence electrons. The van der Waals surface area contributed by atoms with Crippen molar-refractivity contribution in [2.45, 2.75) is 39.2 Å². The Morgan fingerprint density at radius 1 is 1.13 bits per heavy atom. The van der Waals surface area contributed by atoms with Crippen LogP contribution >= 0.6 is 0 Å². The average Bonchev–Trinajstić information content (AvgIpc) is 2.55. The van der Waals surface area contributed by atoms with E-state index in [1.165, 1.54) is 11.1 Å². The Morgan fingerprint density at radius 3 is 2.43 bits per heavy atom. The molecular formula is C19H27NO3. The Bertz CT molecular complexity index is 597. The van der Waals surface area contributed by atoms with Crippen LogP contribution in [0, 0.1) is 11.8 Å². The summed E-state index contributed by atoms with van der Waals surface area (Å²) < 4.78 is 10.9. The standard InChI is InChI=1S/C19H27NO3/c1-12(2)9-15-16(21)6-8-20-7-5-13-10-17(22-3)18(23-4)11-14(13)19(15)20/h10-12,15,19H,5-9H2,1-4H3. The van der Waals surface area contributed by atoms with Crippen molar-refractivity contribution in [3.8, 4) is 11.5 Å². The van der Waals surface area contributed by atoms with Crippen molar-refractivity contribution in [2.75, 3.05) is 27.3 Å². The first-order chi connectivity index (χ1) is 11.0. The van der Waals surface area contributed by atoms with Crippen molar-refractivity contribution in [1.29, 1.82) is 0 Å². The van der Waals surface area contributed by atoms with Crippen molar-refractivity contribution >= 4 is 5.78 Å². The summed E-state index contributed by atoms with van der Waals surface area (Å²) in [6.45, 7) is 6.30. The van der Waals surface area contributed by atoms with E-state index in [-0.39, 0.29) is 12.0 Å². The first kappa shape index (κ1) is 16.3. The Morgan fingerprint density at radius 2 is 1.78 bits per heavy atom. The van der Waals surface area contributed by atoms with Crippen LogP contribution in [-0.2, 0) is 11.2 Å². The monoisotopic (exact) mass is 317 g/mol. The van der Waals surface area contributed by atoms with E-state index in [0.717, 1.165) is 37.4 Å². The van der Waals surface area contributed by atoms with E-state index in [0.29, 0.717) is 18.1 Å². The molecule has 1 saturated heterocycles. The molecule has 0 aromatic heterocycles. The average molecular weight is 317 g/mol. The summed E-state index contributed by atoms with van der Waals surface area (Å²) in [6.07, 6.45) is 2.65. The zero-order valence-electron chi connectivity index (χ0n) is 14.6. The summed E-state index contributed by atoms with van der Waals surface area (Å²) in [5, 5.41) is 0. The lowest BCUT2D eigenvalue weighted by molar-refractivity contribution is -0.130. The molecule has 0 spiro atoms. The molecule has 3 rings (SSSR count). The molecule has 4 nitrogen and oxygen atoms in total. The molecule has 1 fully saturated rings. The molecule has 2 aliphatic heterocycles. The van der Waals surface area contributed by atoms with Gasteiger partial charge in [0.25, 0.3) is 0 Å². The molecule has 2 atom stereocenters. The lowest BCUT2D eigenvalue weighted by atomic mass is 9.75. The lowest BCUT2D eigenvalue weighted by Gasteiger charge is -2.45. The third-order valence-electron chi connectivity index (χ3n) is 5.19. The van der Waals surface area contributed by atoms with Gasteiger partial charge in [0.15, 0.2) is 11.5 Å². The maximum atomic E-state index is 12.6. The molecule has 0 radical (unpaired) electrons. The second-order valence-electron chi connectivity index (χ2n) is 7.09. The molecule has 0 aliphatic carbocycles. The first-order valence-corrected chi connectivity index (χ1v) is 8.56. The number of rotatable bonds is 4. The SMILES string of the molecule is COc1cc2c(cc1OC)C1C(CC(C)C)C(=O)CCN1CC2. The zero-order valence-corrected chi connectivity index (χ0v) is 14.6. The Labute approximate surface area is 138 Å². The Hall–Kier alpha value is -1.55. The van der Waals surface area contributed by atoms with Crippen LogP contribution in [0.4, 0.5) is 0 Å². The molecule has 2 heterocycles. The number of ketones is 1. The number of fused-ring (bicyclic) bond motifs is 3. The van der Waals surface area contributed by atoms with E-state index in [4.69, 9.17) is 9.47 Å².